The first-order valence-electron chi connectivity index (χ1n) is 3.94. The van der Waals surface area contributed by atoms with Crippen LogP contribution in [0.4, 0.5) is 0 Å². The Morgan fingerprint density at radius 3 is 2.30 bits per heavy atom. The molecule has 1 heteroatoms. The maximum atomic E-state index is 9.51. The lowest BCUT2D eigenvalue weighted by atomic mass is 9.92. The van der Waals surface area contributed by atoms with Crippen LogP contribution in [0.2, 0.25) is 0 Å². The Balaban J connectivity index is 3.80. The van der Waals surface area contributed by atoms with Crippen LogP contribution in [0.25, 0.3) is 0 Å². The highest BCUT2D eigenvalue weighted by Gasteiger charge is 2.16. The largest absolute Gasteiger partial charge is 0.392 e. The summed E-state index contributed by atoms with van der Waals surface area (Å²) in [5, 5.41) is 9.51. The van der Waals surface area contributed by atoms with Gasteiger partial charge in [-0.3, -0.25) is 0 Å². The van der Waals surface area contributed by atoms with Crippen molar-refractivity contribution in [2.45, 2.75) is 33.3 Å². The van der Waals surface area contributed by atoms with Crippen LogP contribution >= 0.6 is 0 Å². The molecule has 3 atom stereocenters. The predicted octanol–water partition coefficient (Wildman–Crippen LogP) is 2.22. The number of aliphatic hydroxyl groups excluding tert-OH is 1. The van der Waals surface area contributed by atoms with Gasteiger partial charge in [0.2, 0.25) is 0 Å². The second-order valence-electron chi connectivity index (χ2n) is 2.97. The zero-order chi connectivity index (χ0) is 8.15. The van der Waals surface area contributed by atoms with Gasteiger partial charge in [-0.15, -0.1) is 6.58 Å². The molecule has 0 amide bonds. The lowest BCUT2D eigenvalue weighted by Crippen LogP contribution is -2.23. The molecular formula is C9H18O. The highest BCUT2D eigenvalue weighted by Crippen LogP contribution is 2.15. The molecule has 1 N–H and O–H groups in total. The molecule has 0 aliphatic carbocycles. The second-order valence-corrected chi connectivity index (χ2v) is 2.97. The van der Waals surface area contributed by atoms with E-state index in [4.69, 9.17) is 0 Å². The minimum atomic E-state index is -0.220. The fourth-order valence-electron chi connectivity index (χ4n) is 0.899. The van der Waals surface area contributed by atoms with Crippen LogP contribution in [-0.4, -0.2) is 11.2 Å². The molecule has 10 heavy (non-hydrogen) atoms. The third-order valence-electron chi connectivity index (χ3n) is 2.14. The average molecular weight is 142 g/mol. The Labute approximate surface area is 63.8 Å². The molecule has 60 valence electrons. The Hall–Kier alpha value is -0.300. The van der Waals surface area contributed by atoms with E-state index in [1.165, 1.54) is 0 Å². The number of rotatable bonds is 4. The minimum Gasteiger partial charge on any atom is -0.392 e. The lowest BCUT2D eigenvalue weighted by molar-refractivity contribution is 0.0814. The lowest BCUT2D eigenvalue weighted by Gasteiger charge is -2.20. The van der Waals surface area contributed by atoms with Crippen molar-refractivity contribution in [3.8, 4) is 0 Å². The standard InChI is InChI=1S/C9H18O/c1-5-7(3)9(10)8(4)6-2/h5,7-10H,1,6H2,2-4H3/t7?,8-,9?/m0/s1. The Bertz CT molecular complexity index is 98.9. The number of aliphatic hydroxyl groups is 1. The number of hydrogen-bond donors (Lipinski definition) is 1. The molecule has 0 aromatic carbocycles. The van der Waals surface area contributed by atoms with Gasteiger partial charge in [0.05, 0.1) is 6.10 Å². The normalized spacial score (nSPS) is 19.6. The van der Waals surface area contributed by atoms with Crippen LogP contribution in [0.5, 0.6) is 0 Å². The highest BCUT2D eigenvalue weighted by molar-refractivity contribution is 4.83. The molecule has 0 spiro atoms. The quantitative estimate of drug-likeness (QED) is 0.597. The fourth-order valence-corrected chi connectivity index (χ4v) is 0.899. The summed E-state index contributed by atoms with van der Waals surface area (Å²) in [5.41, 5.74) is 0. The van der Waals surface area contributed by atoms with E-state index in [-0.39, 0.29) is 12.0 Å². The van der Waals surface area contributed by atoms with Crippen molar-refractivity contribution >= 4 is 0 Å². The summed E-state index contributed by atoms with van der Waals surface area (Å²) < 4.78 is 0. The van der Waals surface area contributed by atoms with Gasteiger partial charge in [-0.05, 0) is 11.8 Å². The van der Waals surface area contributed by atoms with Crippen molar-refractivity contribution in [2.24, 2.45) is 11.8 Å². The zero-order valence-corrected chi connectivity index (χ0v) is 7.17. The average Bonchev–Trinajstić information content (AvgIpc) is 2.00. The van der Waals surface area contributed by atoms with Crippen molar-refractivity contribution < 1.29 is 5.11 Å². The first kappa shape index (κ1) is 9.70. The molecule has 0 saturated heterocycles. The Morgan fingerprint density at radius 2 is 2.00 bits per heavy atom. The van der Waals surface area contributed by atoms with Gasteiger partial charge in [-0.2, -0.15) is 0 Å². The summed E-state index contributed by atoms with van der Waals surface area (Å²) >= 11 is 0. The first-order valence-corrected chi connectivity index (χ1v) is 3.94. The summed E-state index contributed by atoms with van der Waals surface area (Å²) in [5.74, 6) is 0.600. The van der Waals surface area contributed by atoms with Crippen molar-refractivity contribution in [1.82, 2.24) is 0 Å². The predicted molar refractivity (Wildman–Crippen MR) is 44.8 cm³/mol. The van der Waals surface area contributed by atoms with E-state index in [0.717, 1.165) is 6.42 Å². The van der Waals surface area contributed by atoms with Gasteiger partial charge in [0, 0.05) is 0 Å². The molecule has 0 bridgehead atoms. The molecule has 0 aromatic rings. The summed E-state index contributed by atoms with van der Waals surface area (Å²) in [6, 6.07) is 0. The monoisotopic (exact) mass is 142 g/mol. The molecule has 0 rings (SSSR count). The third kappa shape index (κ3) is 2.53. The topological polar surface area (TPSA) is 20.2 Å². The van der Waals surface area contributed by atoms with E-state index in [0.29, 0.717) is 5.92 Å². The van der Waals surface area contributed by atoms with Crippen molar-refractivity contribution in [3.63, 3.8) is 0 Å². The van der Waals surface area contributed by atoms with Crippen molar-refractivity contribution in [1.29, 1.82) is 0 Å². The van der Waals surface area contributed by atoms with Crippen LogP contribution in [0.3, 0.4) is 0 Å². The zero-order valence-electron chi connectivity index (χ0n) is 7.17. The van der Waals surface area contributed by atoms with Gasteiger partial charge < -0.3 is 5.11 Å². The van der Waals surface area contributed by atoms with E-state index < -0.39 is 0 Å². The maximum absolute atomic E-state index is 9.51. The van der Waals surface area contributed by atoms with E-state index in [9.17, 15) is 5.11 Å². The van der Waals surface area contributed by atoms with Crippen LogP contribution < -0.4 is 0 Å². The highest BCUT2D eigenvalue weighted by atomic mass is 16.3. The van der Waals surface area contributed by atoms with Crippen molar-refractivity contribution in [3.05, 3.63) is 12.7 Å². The van der Waals surface area contributed by atoms with Gasteiger partial charge >= 0.3 is 0 Å². The van der Waals surface area contributed by atoms with Crippen molar-refractivity contribution in [2.75, 3.05) is 0 Å². The Morgan fingerprint density at radius 1 is 1.50 bits per heavy atom. The summed E-state index contributed by atoms with van der Waals surface area (Å²) in [4.78, 5) is 0. The SMILES string of the molecule is C=CC(C)C(O)[C@@H](C)CC. The molecule has 0 aromatic heterocycles. The van der Waals surface area contributed by atoms with E-state index in [1.54, 1.807) is 6.08 Å². The second kappa shape index (κ2) is 4.51. The minimum absolute atomic E-state index is 0.218. The molecule has 0 saturated carbocycles. The molecule has 0 aliphatic heterocycles. The summed E-state index contributed by atoms with van der Waals surface area (Å²) in [7, 11) is 0. The molecule has 0 fully saturated rings. The fraction of sp³-hybridized carbons (Fsp3) is 0.778. The first-order chi connectivity index (χ1) is 4.63. The smallest absolute Gasteiger partial charge is 0.0625 e. The Kier molecular flexibility index (Phi) is 4.37. The molecule has 0 radical (unpaired) electrons. The van der Waals surface area contributed by atoms with Gasteiger partial charge in [0.1, 0.15) is 0 Å². The maximum Gasteiger partial charge on any atom is 0.0625 e. The third-order valence-corrected chi connectivity index (χ3v) is 2.14. The molecule has 1 nitrogen and oxygen atoms in total. The van der Waals surface area contributed by atoms with E-state index >= 15 is 0 Å². The number of hydrogen-bond acceptors (Lipinski definition) is 1. The van der Waals surface area contributed by atoms with Crippen LogP contribution in [0.15, 0.2) is 12.7 Å². The molecular weight excluding hydrogens is 124 g/mol. The van der Waals surface area contributed by atoms with Gasteiger partial charge in [0.25, 0.3) is 0 Å². The van der Waals surface area contributed by atoms with E-state index in [1.807, 2.05) is 6.92 Å². The van der Waals surface area contributed by atoms with Gasteiger partial charge in [0.15, 0.2) is 0 Å². The summed E-state index contributed by atoms with van der Waals surface area (Å²) in [6.45, 7) is 9.78. The van der Waals surface area contributed by atoms with Gasteiger partial charge in [-0.25, -0.2) is 0 Å². The summed E-state index contributed by atoms with van der Waals surface area (Å²) in [6.07, 6.45) is 2.61. The van der Waals surface area contributed by atoms with E-state index in [2.05, 4.69) is 20.4 Å². The van der Waals surface area contributed by atoms with Crippen LogP contribution in [-0.2, 0) is 0 Å². The molecule has 2 unspecified atom stereocenters. The van der Waals surface area contributed by atoms with Crippen LogP contribution in [0.1, 0.15) is 27.2 Å². The molecule has 0 heterocycles. The molecule has 0 aliphatic rings. The van der Waals surface area contributed by atoms with Gasteiger partial charge in [-0.1, -0.05) is 33.3 Å². The van der Waals surface area contributed by atoms with Crippen LogP contribution in [0, 0.1) is 11.8 Å².